The van der Waals surface area contributed by atoms with E-state index < -0.39 is 11.7 Å². The third-order valence-electron chi connectivity index (χ3n) is 3.46. The summed E-state index contributed by atoms with van der Waals surface area (Å²) in [6.07, 6.45) is 2.71. The Kier molecular flexibility index (Phi) is 3.79. The Morgan fingerprint density at radius 3 is 2.50 bits per heavy atom. The molecule has 0 atom stereocenters. The lowest BCUT2D eigenvalue weighted by atomic mass is 9.89. The second-order valence-corrected chi connectivity index (χ2v) is 4.70. The van der Waals surface area contributed by atoms with Gasteiger partial charge in [-0.3, -0.25) is 0 Å². The summed E-state index contributed by atoms with van der Waals surface area (Å²) in [4.78, 5) is 0. The quantitative estimate of drug-likeness (QED) is 0.678. The van der Waals surface area contributed by atoms with E-state index in [-0.39, 0.29) is 0 Å². The summed E-state index contributed by atoms with van der Waals surface area (Å²) >= 11 is 0. The molecule has 3 heteroatoms. The first-order chi connectivity index (χ1) is 8.52. The smallest absolute Gasteiger partial charge is 0.166 e. The fourth-order valence-electron chi connectivity index (χ4n) is 2.44. The van der Waals surface area contributed by atoms with Gasteiger partial charge < -0.3 is 0 Å². The molecule has 1 aliphatic carbocycles. The summed E-state index contributed by atoms with van der Waals surface area (Å²) in [6.45, 7) is 1.98. The van der Waals surface area contributed by atoms with Crippen LogP contribution in [0, 0.1) is 0 Å². The Morgan fingerprint density at radius 1 is 1.17 bits per heavy atom. The van der Waals surface area contributed by atoms with E-state index in [0.717, 1.165) is 48.8 Å². The Morgan fingerprint density at radius 2 is 1.94 bits per heavy atom. The van der Waals surface area contributed by atoms with E-state index in [1.807, 2.05) is 6.92 Å². The molecule has 0 fully saturated rings. The van der Waals surface area contributed by atoms with Gasteiger partial charge in [-0.1, -0.05) is 19.1 Å². The highest BCUT2D eigenvalue weighted by Gasteiger charge is 2.31. The van der Waals surface area contributed by atoms with Gasteiger partial charge in [0.2, 0.25) is 0 Å². The van der Waals surface area contributed by atoms with Crippen LogP contribution in [0.15, 0.2) is 24.3 Å². The van der Waals surface area contributed by atoms with Gasteiger partial charge in [-0.15, -0.1) is 0 Å². The zero-order chi connectivity index (χ0) is 13.2. The molecule has 0 aliphatic heterocycles. The second kappa shape index (κ2) is 5.17. The number of hydrogen-bond donors (Lipinski definition) is 0. The normalized spacial score (nSPS) is 16.6. The molecule has 0 N–H and O–H groups in total. The molecule has 0 amide bonds. The van der Waals surface area contributed by atoms with Crippen molar-refractivity contribution in [2.75, 3.05) is 0 Å². The van der Waals surface area contributed by atoms with E-state index in [0.29, 0.717) is 0 Å². The van der Waals surface area contributed by atoms with Gasteiger partial charge in [0.1, 0.15) is 0 Å². The van der Waals surface area contributed by atoms with Crippen LogP contribution in [-0.4, -0.2) is 0 Å². The Balaban J connectivity index is 2.45. The minimum absolute atomic E-state index is 0.541. The van der Waals surface area contributed by atoms with Gasteiger partial charge in [-0.25, -0.2) is 0 Å². The van der Waals surface area contributed by atoms with Crippen molar-refractivity contribution in [1.82, 2.24) is 0 Å². The SMILES string of the molecule is CCc1ccc(C(F)(F)F)cc1C1=CCCCC1. The predicted molar refractivity (Wildman–Crippen MR) is 67.3 cm³/mol. The number of halogens is 3. The first-order valence-electron chi connectivity index (χ1n) is 6.42. The highest BCUT2D eigenvalue weighted by atomic mass is 19.4. The number of rotatable bonds is 2. The molecule has 0 bridgehead atoms. The van der Waals surface area contributed by atoms with E-state index >= 15 is 0 Å². The average molecular weight is 254 g/mol. The summed E-state index contributed by atoms with van der Waals surface area (Å²) in [5.41, 5.74) is 2.36. The fraction of sp³-hybridized carbons (Fsp3) is 0.467. The number of allylic oxidation sites excluding steroid dienone is 2. The molecule has 0 spiro atoms. The molecule has 1 aromatic rings. The molecule has 1 aliphatic rings. The molecule has 18 heavy (non-hydrogen) atoms. The lowest BCUT2D eigenvalue weighted by molar-refractivity contribution is -0.137. The molecule has 98 valence electrons. The zero-order valence-corrected chi connectivity index (χ0v) is 10.5. The second-order valence-electron chi connectivity index (χ2n) is 4.70. The molecule has 1 aromatic carbocycles. The molecular formula is C15H17F3. The van der Waals surface area contributed by atoms with Gasteiger partial charge >= 0.3 is 6.18 Å². The van der Waals surface area contributed by atoms with E-state index in [4.69, 9.17) is 0 Å². The molecule has 0 unspecified atom stereocenters. The van der Waals surface area contributed by atoms with Crippen LogP contribution in [0.5, 0.6) is 0 Å². The van der Waals surface area contributed by atoms with Crippen LogP contribution in [0.2, 0.25) is 0 Å². The fourth-order valence-corrected chi connectivity index (χ4v) is 2.44. The summed E-state index contributed by atoms with van der Waals surface area (Å²) in [7, 11) is 0. The van der Waals surface area contributed by atoms with Gasteiger partial charge in [-0.2, -0.15) is 13.2 Å². The van der Waals surface area contributed by atoms with Crippen LogP contribution >= 0.6 is 0 Å². The van der Waals surface area contributed by atoms with Gasteiger partial charge in [0.15, 0.2) is 0 Å². The first-order valence-corrected chi connectivity index (χ1v) is 6.42. The molecule has 0 radical (unpaired) electrons. The molecule has 2 rings (SSSR count). The number of benzene rings is 1. The highest BCUT2D eigenvalue weighted by molar-refractivity contribution is 5.69. The summed E-state index contributed by atoms with van der Waals surface area (Å²) in [5.74, 6) is 0. The number of aryl methyl sites for hydroxylation is 1. The maximum atomic E-state index is 12.8. The molecule has 0 heterocycles. The van der Waals surface area contributed by atoms with Crippen molar-refractivity contribution in [3.63, 3.8) is 0 Å². The van der Waals surface area contributed by atoms with Crippen molar-refractivity contribution in [2.24, 2.45) is 0 Å². The lowest BCUT2D eigenvalue weighted by Gasteiger charge is -2.18. The van der Waals surface area contributed by atoms with Crippen molar-refractivity contribution >= 4 is 5.57 Å². The maximum Gasteiger partial charge on any atom is 0.416 e. The summed E-state index contributed by atoms with van der Waals surface area (Å²) < 4.78 is 38.3. The minimum Gasteiger partial charge on any atom is -0.166 e. The van der Waals surface area contributed by atoms with Gasteiger partial charge in [-0.05, 0) is 60.9 Å². The number of alkyl halides is 3. The lowest BCUT2D eigenvalue weighted by Crippen LogP contribution is -2.07. The third-order valence-corrected chi connectivity index (χ3v) is 3.46. The van der Waals surface area contributed by atoms with Crippen LogP contribution in [0.3, 0.4) is 0 Å². The van der Waals surface area contributed by atoms with Crippen LogP contribution in [-0.2, 0) is 12.6 Å². The third kappa shape index (κ3) is 2.77. The van der Waals surface area contributed by atoms with E-state index in [1.54, 1.807) is 6.07 Å². The molecule has 0 saturated heterocycles. The predicted octanol–water partition coefficient (Wildman–Crippen LogP) is 5.23. The van der Waals surface area contributed by atoms with Crippen LogP contribution < -0.4 is 0 Å². The molecular weight excluding hydrogens is 237 g/mol. The summed E-state index contributed by atoms with van der Waals surface area (Å²) in [5, 5.41) is 0. The van der Waals surface area contributed by atoms with E-state index in [2.05, 4.69) is 6.08 Å². The van der Waals surface area contributed by atoms with Crippen molar-refractivity contribution in [1.29, 1.82) is 0 Å². The topological polar surface area (TPSA) is 0 Å². The van der Waals surface area contributed by atoms with Crippen molar-refractivity contribution in [2.45, 2.75) is 45.2 Å². The molecule has 0 aromatic heterocycles. The number of hydrogen-bond acceptors (Lipinski definition) is 0. The van der Waals surface area contributed by atoms with Crippen molar-refractivity contribution < 1.29 is 13.2 Å². The minimum atomic E-state index is -4.25. The van der Waals surface area contributed by atoms with Gasteiger partial charge in [0, 0.05) is 0 Å². The Labute approximate surface area is 106 Å². The standard InChI is InChI=1S/C15H17F3/c1-2-11-8-9-13(15(16,17)18)10-14(11)12-6-4-3-5-7-12/h6,8-10H,2-5,7H2,1H3. The monoisotopic (exact) mass is 254 g/mol. The van der Waals surface area contributed by atoms with Crippen LogP contribution in [0.1, 0.15) is 49.3 Å². The van der Waals surface area contributed by atoms with E-state index in [9.17, 15) is 13.2 Å². The van der Waals surface area contributed by atoms with Gasteiger partial charge in [0.25, 0.3) is 0 Å². The van der Waals surface area contributed by atoms with Crippen LogP contribution in [0.4, 0.5) is 13.2 Å². The Bertz CT molecular complexity index is 455. The highest BCUT2D eigenvalue weighted by Crippen LogP contribution is 2.35. The van der Waals surface area contributed by atoms with E-state index in [1.165, 1.54) is 12.1 Å². The maximum absolute atomic E-state index is 12.8. The van der Waals surface area contributed by atoms with Crippen molar-refractivity contribution in [3.8, 4) is 0 Å². The largest absolute Gasteiger partial charge is 0.416 e. The molecule has 0 saturated carbocycles. The first kappa shape index (κ1) is 13.2. The zero-order valence-electron chi connectivity index (χ0n) is 10.5. The molecule has 0 nitrogen and oxygen atoms in total. The van der Waals surface area contributed by atoms with Crippen molar-refractivity contribution in [3.05, 3.63) is 41.0 Å². The van der Waals surface area contributed by atoms with Crippen LogP contribution in [0.25, 0.3) is 5.57 Å². The van der Waals surface area contributed by atoms with Gasteiger partial charge in [0.05, 0.1) is 5.56 Å². The Hall–Kier alpha value is -1.25. The average Bonchev–Trinajstić information content (AvgIpc) is 2.38. The summed E-state index contributed by atoms with van der Waals surface area (Å²) in [6, 6.07) is 4.12.